The second kappa shape index (κ2) is 6.66. The molecule has 0 saturated carbocycles. The SMILES string of the molecule is C[C@@H](CNCc1cc(F)cc2cccnc12)Cn1ccnc1. The molecule has 22 heavy (non-hydrogen) atoms. The Morgan fingerprint density at radius 1 is 1.32 bits per heavy atom. The van der Waals surface area contributed by atoms with Crippen LogP contribution < -0.4 is 5.32 Å². The maximum atomic E-state index is 13.7. The Morgan fingerprint density at radius 2 is 2.23 bits per heavy atom. The van der Waals surface area contributed by atoms with Crippen LogP contribution in [0.3, 0.4) is 0 Å². The highest BCUT2D eigenvalue weighted by Crippen LogP contribution is 2.18. The first-order valence-corrected chi connectivity index (χ1v) is 7.42. The van der Waals surface area contributed by atoms with Crippen molar-refractivity contribution < 1.29 is 4.39 Å². The number of nitrogens with zero attached hydrogens (tertiary/aromatic N) is 3. The van der Waals surface area contributed by atoms with Gasteiger partial charge in [-0.1, -0.05) is 13.0 Å². The molecule has 0 fully saturated rings. The molecule has 114 valence electrons. The number of imidazole rings is 1. The number of nitrogens with one attached hydrogen (secondary N) is 1. The second-order valence-corrected chi connectivity index (χ2v) is 5.64. The van der Waals surface area contributed by atoms with Gasteiger partial charge in [0.1, 0.15) is 5.82 Å². The first kappa shape index (κ1) is 14.7. The van der Waals surface area contributed by atoms with Gasteiger partial charge < -0.3 is 9.88 Å². The van der Waals surface area contributed by atoms with Gasteiger partial charge in [0, 0.05) is 37.1 Å². The monoisotopic (exact) mass is 298 g/mol. The number of halogens is 1. The number of pyridine rings is 1. The van der Waals surface area contributed by atoms with Crippen molar-refractivity contribution >= 4 is 10.9 Å². The van der Waals surface area contributed by atoms with Crippen LogP contribution in [0.4, 0.5) is 4.39 Å². The number of hydrogen-bond donors (Lipinski definition) is 1. The number of benzene rings is 1. The van der Waals surface area contributed by atoms with E-state index in [2.05, 4.69) is 26.8 Å². The van der Waals surface area contributed by atoms with Crippen LogP contribution in [0.1, 0.15) is 12.5 Å². The topological polar surface area (TPSA) is 42.7 Å². The van der Waals surface area contributed by atoms with Crippen molar-refractivity contribution in [3.63, 3.8) is 0 Å². The Balaban J connectivity index is 1.62. The fraction of sp³-hybridized carbons (Fsp3) is 0.294. The molecule has 5 heteroatoms. The van der Waals surface area contributed by atoms with Crippen LogP contribution in [0.2, 0.25) is 0 Å². The van der Waals surface area contributed by atoms with E-state index in [9.17, 15) is 4.39 Å². The summed E-state index contributed by atoms with van der Waals surface area (Å²) in [5, 5.41) is 4.23. The number of fused-ring (bicyclic) bond motifs is 1. The summed E-state index contributed by atoms with van der Waals surface area (Å²) >= 11 is 0. The third kappa shape index (κ3) is 3.49. The number of rotatable bonds is 6. The maximum absolute atomic E-state index is 13.7. The van der Waals surface area contributed by atoms with Crippen LogP contribution in [0.15, 0.2) is 49.2 Å². The first-order valence-electron chi connectivity index (χ1n) is 7.42. The predicted molar refractivity (Wildman–Crippen MR) is 84.8 cm³/mol. The molecule has 0 unspecified atom stereocenters. The van der Waals surface area contributed by atoms with Crippen molar-refractivity contribution in [1.82, 2.24) is 19.9 Å². The van der Waals surface area contributed by atoms with E-state index in [1.54, 1.807) is 18.5 Å². The van der Waals surface area contributed by atoms with Crippen LogP contribution in [0.25, 0.3) is 10.9 Å². The van der Waals surface area contributed by atoms with Crippen LogP contribution >= 0.6 is 0 Å². The summed E-state index contributed by atoms with van der Waals surface area (Å²) in [6.07, 6.45) is 7.30. The van der Waals surface area contributed by atoms with Gasteiger partial charge in [0.05, 0.1) is 11.8 Å². The average molecular weight is 298 g/mol. The summed E-state index contributed by atoms with van der Waals surface area (Å²) in [5.41, 5.74) is 1.75. The van der Waals surface area contributed by atoms with Gasteiger partial charge in [0.25, 0.3) is 0 Å². The lowest BCUT2D eigenvalue weighted by atomic mass is 10.1. The second-order valence-electron chi connectivity index (χ2n) is 5.64. The molecule has 3 rings (SSSR count). The van der Waals surface area contributed by atoms with Gasteiger partial charge in [-0.3, -0.25) is 4.98 Å². The summed E-state index contributed by atoms with van der Waals surface area (Å²) in [4.78, 5) is 8.40. The van der Waals surface area contributed by atoms with Crippen LogP contribution in [-0.4, -0.2) is 21.1 Å². The fourth-order valence-electron chi connectivity index (χ4n) is 2.63. The Morgan fingerprint density at radius 3 is 3.05 bits per heavy atom. The third-order valence-corrected chi connectivity index (χ3v) is 3.64. The normalized spacial score (nSPS) is 12.6. The molecule has 1 atom stereocenters. The minimum atomic E-state index is -0.219. The zero-order valence-corrected chi connectivity index (χ0v) is 12.5. The van der Waals surface area contributed by atoms with E-state index in [1.807, 2.05) is 24.7 Å². The summed E-state index contributed by atoms with van der Waals surface area (Å²) in [6.45, 7) is 4.55. The molecule has 0 aliphatic carbocycles. The number of aromatic nitrogens is 3. The molecule has 1 N–H and O–H groups in total. The van der Waals surface area contributed by atoms with E-state index in [4.69, 9.17) is 0 Å². The zero-order chi connectivity index (χ0) is 15.4. The summed E-state index contributed by atoms with van der Waals surface area (Å²) in [6, 6.07) is 6.79. The Hall–Kier alpha value is -2.27. The minimum absolute atomic E-state index is 0.219. The van der Waals surface area contributed by atoms with E-state index in [-0.39, 0.29) is 5.82 Å². The van der Waals surface area contributed by atoms with Gasteiger partial charge in [-0.15, -0.1) is 0 Å². The van der Waals surface area contributed by atoms with Gasteiger partial charge in [-0.05, 0) is 36.2 Å². The first-order chi connectivity index (χ1) is 10.7. The maximum Gasteiger partial charge on any atom is 0.124 e. The molecule has 3 aromatic rings. The largest absolute Gasteiger partial charge is 0.337 e. The minimum Gasteiger partial charge on any atom is -0.337 e. The summed E-state index contributed by atoms with van der Waals surface area (Å²) < 4.78 is 15.7. The lowest BCUT2D eigenvalue weighted by molar-refractivity contribution is 0.445. The molecule has 2 aromatic heterocycles. The van der Waals surface area contributed by atoms with Crippen LogP contribution in [-0.2, 0) is 13.1 Å². The molecule has 0 aliphatic heterocycles. The lowest BCUT2D eigenvalue weighted by Gasteiger charge is -2.14. The highest BCUT2D eigenvalue weighted by molar-refractivity contribution is 5.81. The summed E-state index contributed by atoms with van der Waals surface area (Å²) in [7, 11) is 0. The van der Waals surface area contributed by atoms with Crippen molar-refractivity contribution in [2.45, 2.75) is 20.0 Å². The van der Waals surface area contributed by atoms with Gasteiger partial charge in [0.2, 0.25) is 0 Å². The lowest BCUT2D eigenvalue weighted by Crippen LogP contribution is -2.23. The molecule has 0 bridgehead atoms. The standard InChI is InChI=1S/C17H19FN4/c1-13(11-22-6-5-19-12-22)9-20-10-15-8-16(18)7-14-3-2-4-21-17(14)15/h2-8,12-13,20H,9-11H2,1H3/t13-/m0/s1. The van der Waals surface area contributed by atoms with Gasteiger partial charge >= 0.3 is 0 Å². The Labute approximate surface area is 129 Å². The van der Waals surface area contributed by atoms with Gasteiger partial charge in [0.15, 0.2) is 0 Å². The Kier molecular flexibility index (Phi) is 4.44. The van der Waals surface area contributed by atoms with E-state index in [1.165, 1.54) is 6.07 Å². The molecule has 0 aliphatic rings. The van der Waals surface area contributed by atoms with E-state index >= 15 is 0 Å². The van der Waals surface area contributed by atoms with E-state index in [0.29, 0.717) is 12.5 Å². The van der Waals surface area contributed by atoms with Crippen LogP contribution in [0, 0.1) is 11.7 Å². The smallest absolute Gasteiger partial charge is 0.124 e. The quantitative estimate of drug-likeness (QED) is 0.761. The zero-order valence-electron chi connectivity index (χ0n) is 12.5. The highest BCUT2D eigenvalue weighted by Gasteiger charge is 2.07. The molecule has 1 aromatic carbocycles. The molecule has 0 radical (unpaired) electrons. The average Bonchev–Trinajstić information content (AvgIpc) is 3.00. The van der Waals surface area contributed by atoms with Crippen molar-refractivity contribution in [1.29, 1.82) is 0 Å². The summed E-state index contributed by atoms with van der Waals surface area (Å²) in [5.74, 6) is 0.241. The van der Waals surface area contributed by atoms with Crippen molar-refractivity contribution in [2.75, 3.05) is 6.54 Å². The van der Waals surface area contributed by atoms with Crippen molar-refractivity contribution in [2.24, 2.45) is 5.92 Å². The van der Waals surface area contributed by atoms with E-state index < -0.39 is 0 Å². The van der Waals surface area contributed by atoms with Gasteiger partial charge in [-0.2, -0.15) is 0 Å². The highest BCUT2D eigenvalue weighted by atomic mass is 19.1. The fourth-order valence-corrected chi connectivity index (χ4v) is 2.63. The molecular weight excluding hydrogens is 279 g/mol. The molecule has 0 spiro atoms. The molecule has 0 amide bonds. The molecular formula is C17H19FN4. The molecule has 4 nitrogen and oxygen atoms in total. The van der Waals surface area contributed by atoms with Gasteiger partial charge in [-0.25, -0.2) is 9.37 Å². The van der Waals surface area contributed by atoms with E-state index in [0.717, 1.165) is 29.6 Å². The molecule has 0 saturated heterocycles. The van der Waals surface area contributed by atoms with Crippen molar-refractivity contribution in [3.8, 4) is 0 Å². The predicted octanol–water partition coefficient (Wildman–Crippen LogP) is 3.00. The van der Waals surface area contributed by atoms with Crippen molar-refractivity contribution in [3.05, 3.63) is 60.6 Å². The Bertz CT molecular complexity index is 740. The molecule has 2 heterocycles. The van der Waals surface area contributed by atoms with Crippen LogP contribution in [0.5, 0.6) is 0 Å². The number of hydrogen-bond acceptors (Lipinski definition) is 3. The third-order valence-electron chi connectivity index (χ3n) is 3.64.